The normalized spacial score (nSPS) is 17.5. The summed E-state index contributed by atoms with van der Waals surface area (Å²) in [6, 6.07) is 21.2. The summed E-state index contributed by atoms with van der Waals surface area (Å²) in [6.07, 6.45) is 0.00903. The van der Waals surface area contributed by atoms with E-state index in [1.165, 1.54) is 18.9 Å². The van der Waals surface area contributed by atoms with Gasteiger partial charge in [-0.15, -0.1) is 0 Å². The molecule has 2 aliphatic rings. The molecule has 2 aliphatic heterocycles. The van der Waals surface area contributed by atoms with Crippen LogP contribution in [0.5, 0.6) is 11.5 Å². The Morgan fingerprint density at radius 2 is 1.81 bits per heavy atom. The molecule has 1 fully saturated rings. The Morgan fingerprint density at radius 3 is 2.57 bits per heavy atom. The number of ether oxygens (including phenoxy) is 3. The molecule has 1 saturated heterocycles. The molecule has 1 N–H and O–H groups in total. The Bertz CT molecular complexity index is 1360. The van der Waals surface area contributed by atoms with E-state index >= 15 is 0 Å². The number of carbonyl (C=O) groups excluding carboxylic acids is 3. The SMILES string of the molecule is COC(=O)c1ccc(NC(=O)[C@@H]2CC(=O)N(Cc3ccc4c(c3)OCO4)C(=Nc3ccccc3)S2)cc1. The number of para-hydroxylation sites is 1. The van der Waals surface area contributed by atoms with Crippen LogP contribution in [0.2, 0.25) is 0 Å². The second-order valence-corrected chi connectivity index (χ2v) is 9.44. The van der Waals surface area contributed by atoms with Crippen molar-refractivity contribution in [3.63, 3.8) is 0 Å². The van der Waals surface area contributed by atoms with Crippen LogP contribution in [0, 0.1) is 0 Å². The van der Waals surface area contributed by atoms with Crippen LogP contribution in [0.1, 0.15) is 22.3 Å². The number of thioether (sulfide) groups is 1. The summed E-state index contributed by atoms with van der Waals surface area (Å²) in [7, 11) is 1.31. The number of methoxy groups -OCH3 is 1. The molecule has 3 aromatic rings. The predicted molar refractivity (Wildman–Crippen MR) is 139 cm³/mol. The minimum Gasteiger partial charge on any atom is -0.465 e. The van der Waals surface area contributed by atoms with Gasteiger partial charge in [0, 0.05) is 12.1 Å². The van der Waals surface area contributed by atoms with E-state index in [-0.39, 0.29) is 31.6 Å². The monoisotopic (exact) mass is 517 g/mol. The van der Waals surface area contributed by atoms with E-state index < -0.39 is 11.2 Å². The van der Waals surface area contributed by atoms with E-state index in [4.69, 9.17) is 19.2 Å². The van der Waals surface area contributed by atoms with Crippen molar-refractivity contribution in [2.75, 3.05) is 19.2 Å². The molecular formula is C27H23N3O6S. The minimum absolute atomic E-state index is 0.00903. The lowest BCUT2D eigenvalue weighted by atomic mass is 10.1. The molecule has 3 aromatic carbocycles. The zero-order valence-electron chi connectivity index (χ0n) is 19.9. The van der Waals surface area contributed by atoms with Gasteiger partial charge in [-0.1, -0.05) is 36.0 Å². The summed E-state index contributed by atoms with van der Waals surface area (Å²) in [4.78, 5) is 44.3. The molecule has 0 spiro atoms. The highest BCUT2D eigenvalue weighted by atomic mass is 32.2. The zero-order chi connectivity index (χ0) is 25.8. The molecule has 0 radical (unpaired) electrons. The van der Waals surface area contributed by atoms with Crippen molar-refractivity contribution in [1.82, 2.24) is 4.90 Å². The van der Waals surface area contributed by atoms with Gasteiger partial charge in [-0.3, -0.25) is 14.5 Å². The van der Waals surface area contributed by atoms with Gasteiger partial charge in [0.25, 0.3) is 0 Å². The third-order valence-corrected chi connectivity index (χ3v) is 6.95. The van der Waals surface area contributed by atoms with Gasteiger partial charge < -0.3 is 19.5 Å². The van der Waals surface area contributed by atoms with E-state index in [1.807, 2.05) is 48.5 Å². The third kappa shape index (κ3) is 5.59. The fourth-order valence-electron chi connectivity index (χ4n) is 3.86. The van der Waals surface area contributed by atoms with Crippen molar-refractivity contribution >= 4 is 46.1 Å². The highest BCUT2D eigenvalue weighted by Gasteiger charge is 2.36. The number of rotatable bonds is 6. The van der Waals surface area contributed by atoms with Gasteiger partial charge in [0.2, 0.25) is 18.6 Å². The third-order valence-electron chi connectivity index (χ3n) is 5.76. The largest absolute Gasteiger partial charge is 0.465 e. The Labute approximate surface area is 217 Å². The van der Waals surface area contributed by atoms with Gasteiger partial charge in [0.15, 0.2) is 16.7 Å². The average Bonchev–Trinajstić information content (AvgIpc) is 3.39. The number of aliphatic imine (C=N–C) groups is 1. The maximum atomic E-state index is 13.3. The molecule has 0 aromatic heterocycles. The first-order valence-electron chi connectivity index (χ1n) is 11.5. The molecule has 188 valence electrons. The summed E-state index contributed by atoms with van der Waals surface area (Å²) < 4.78 is 15.6. The van der Waals surface area contributed by atoms with Crippen molar-refractivity contribution < 1.29 is 28.6 Å². The highest BCUT2D eigenvalue weighted by molar-refractivity contribution is 8.15. The van der Waals surface area contributed by atoms with Gasteiger partial charge in [0.05, 0.1) is 24.9 Å². The number of amides is 2. The lowest BCUT2D eigenvalue weighted by Gasteiger charge is -2.32. The maximum absolute atomic E-state index is 13.3. The Balaban J connectivity index is 1.35. The van der Waals surface area contributed by atoms with Crippen LogP contribution in [0.3, 0.4) is 0 Å². The van der Waals surface area contributed by atoms with Crippen molar-refractivity contribution in [2.24, 2.45) is 4.99 Å². The second-order valence-electron chi connectivity index (χ2n) is 8.27. The first-order valence-corrected chi connectivity index (χ1v) is 12.4. The predicted octanol–water partition coefficient (Wildman–Crippen LogP) is 4.36. The molecule has 10 heteroatoms. The molecule has 0 unspecified atom stereocenters. The van der Waals surface area contributed by atoms with E-state index in [2.05, 4.69) is 5.32 Å². The molecule has 0 bridgehead atoms. The lowest BCUT2D eigenvalue weighted by Crippen LogP contribution is -2.44. The molecule has 0 saturated carbocycles. The van der Waals surface area contributed by atoms with Gasteiger partial charge >= 0.3 is 5.97 Å². The van der Waals surface area contributed by atoms with Crippen LogP contribution in [-0.2, 0) is 20.9 Å². The van der Waals surface area contributed by atoms with E-state index in [0.29, 0.717) is 33.6 Å². The second kappa shape index (κ2) is 10.8. The van der Waals surface area contributed by atoms with Crippen LogP contribution in [0.15, 0.2) is 77.8 Å². The number of carbonyl (C=O) groups is 3. The van der Waals surface area contributed by atoms with Gasteiger partial charge in [0.1, 0.15) is 5.25 Å². The first kappa shape index (κ1) is 24.4. The number of benzene rings is 3. The van der Waals surface area contributed by atoms with Gasteiger partial charge in [-0.05, 0) is 54.1 Å². The molecule has 2 heterocycles. The van der Waals surface area contributed by atoms with Crippen LogP contribution in [0.25, 0.3) is 0 Å². The average molecular weight is 518 g/mol. The standard InChI is InChI=1S/C27H23N3O6S/c1-34-26(33)18-8-10-20(11-9-18)28-25(32)23-14-24(31)30(27(37-23)29-19-5-3-2-4-6-19)15-17-7-12-21-22(13-17)36-16-35-21/h2-13,23H,14-16H2,1H3,(H,28,32)/t23-/m0/s1. The maximum Gasteiger partial charge on any atom is 0.337 e. The number of hydrogen-bond acceptors (Lipinski definition) is 8. The Kier molecular flexibility index (Phi) is 7.09. The van der Waals surface area contributed by atoms with Crippen LogP contribution in [0.4, 0.5) is 11.4 Å². The van der Waals surface area contributed by atoms with E-state index in [0.717, 1.165) is 5.56 Å². The van der Waals surface area contributed by atoms with Crippen LogP contribution in [-0.4, -0.2) is 47.0 Å². The minimum atomic E-state index is -0.678. The van der Waals surface area contributed by atoms with E-state index in [1.54, 1.807) is 29.2 Å². The lowest BCUT2D eigenvalue weighted by molar-refractivity contribution is -0.129. The zero-order valence-corrected chi connectivity index (χ0v) is 20.7. The summed E-state index contributed by atoms with van der Waals surface area (Å²) in [5, 5.41) is 2.58. The first-order chi connectivity index (χ1) is 18.0. The van der Waals surface area contributed by atoms with Gasteiger partial charge in [-0.2, -0.15) is 0 Å². The fourth-order valence-corrected chi connectivity index (χ4v) is 4.96. The topological polar surface area (TPSA) is 107 Å². The smallest absolute Gasteiger partial charge is 0.337 e. The van der Waals surface area contributed by atoms with Crippen molar-refractivity contribution in [3.8, 4) is 11.5 Å². The van der Waals surface area contributed by atoms with Crippen molar-refractivity contribution in [2.45, 2.75) is 18.2 Å². The van der Waals surface area contributed by atoms with Crippen LogP contribution < -0.4 is 14.8 Å². The van der Waals surface area contributed by atoms with Crippen molar-refractivity contribution in [3.05, 3.63) is 83.9 Å². The summed E-state index contributed by atoms with van der Waals surface area (Å²) in [6.45, 7) is 0.442. The highest BCUT2D eigenvalue weighted by Crippen LogP contribution is 2.35. The number of nitrogens with one attached hydrogen (secondary N) is 1. The molecule has 0 aliphatic carbocycles. The molecular weight excluding hydrogens is 494 g/mol. The van der Waals surface area contributed by atoms with Gasteiger partial charge in [-0.25, -0.2) is 9.79 Å². The Hall–Kier alpha value is -4.31. The number of esters is 1. The molecule has 2 amide bonds. The van der Waals surface area contributed by atoms with Crippen molar-refractivity contribution in [1.29, 1.82) is 0 Å². The Morgan fingerprint density at radius 1 is 1.05 bits per heavy atom. The van der Waals surface area contributed by atoms with Crippen LogP contribution >= 0.6 is 11.8 Å². The summed E-state index contributed by atoms with van der Waals surface area (Å²) in [5.74, 6) is 0.292. The summed E-state index contributed by atoms with van der Waals surface area (Å²) in [5.41, 5.74) is 2.41. The number of anilines is 1. The molecule has 9 nitrogen and oxygen atoms in total. The number of amidine groups is 1. The molecule has 5 rings (SSSR count). The quantitative estimate of drug-likeness (QED) is 0.484. The number of hydrogen-bond donors (Lipinski definition) is 1. The number of nitrogens with zero attached hydrogens (tertiary/aromatic N) is 2. The molecule has 1 atom stereocenters. The van der Waals surface area contributed by atoms with E-state index in [9.17, 15) is 14.4 Å². The fraction of sp³-hybridized carbons (Fsp3) is 0.185. The molecule has 37 heavy (non-hydrogen) atoms. The number of fused-ring (bicyclic) bond motifs is 1. The summed E-state index contributed by atoms with van der Waals surface area (Å²) >= 11 is 1.23.